The van der Waals surface area contributed by atoms with Crippen molar-refractivity contribution >= 4 is 5.91 Å². The highest BCUT2D eigenvalue weighted by molar-refractivity contribution is 5.78. The Labute approximate surface area is 85.0 Å². The Kier molecular flexibility index (Phi) is 4.86. The van der Waals surface area contributed by atoms with Crippen LogP contribution in [0.1, 0.15) is 6.92 Å². The molecule has 0 bridgehead atoms. The Hall–Kier alpha value is -0.650. The summed E-state index contributed by atoms with van der Waals surface area (Å²) in [6.45, 7) is 6.42. The predicted octanol–water partition coefficient (Wildman–Crippen LogP) is -1.64. The average molecular weight is 200 g/mol. The van der Waals surface area contributed by atoms with E-state index < -0.39 is 0 Å². The second-order valence-corrected chi connectivity index (χ2v) is 3.52. The van der Waals surface area contributed by atoms with E-state index >= 15 is 0 Å². The third-order valence-corrected chi connectivity index (χ3v) is 2.46. The summed E-state index contributed by atoms with van der Waals surface area (Å²) in [6.07, 6.45) is 0. The Morgan fingerprint density at radius 2 is 2.50 bits per heavy atom. The Morgan fingerprint density at radius 3 is 3.14 bits per heavy atom. The molecule has 1 saturated heterocycles. The SMILES string of the molecule is CCNC(=O)CN1CCNCC1CN. The number of piperazine rings is 1. The van der Waals surface area contributed by atoms with Crippen LogP contribution in [0.3, 0.4) is 0 Å². The minimum atomic E-state index is 0.0906. The Morgan fingerprint density at radius 1 is 1.71 bits per heavy atom. The highest BCUT2D eigenvalue weighted by Crippen LogP contribution is 2.00. The van der Waals surface area contributed by atoms with E-state index in [1.54, 1.807) is 0 Å². The highest BCUT2D eigenvalue weighted by Gasteiger charge is 2.22. The number of nitrogens with zero attached hydrogens (tertiary/aromatic N) is 1. The number of rotatable bonds is 4. The molecule has 1 unspecified atom stereocenters. The largest absolute Gasteiger partial charge is 0.355 e. The molecule has 0 saturated carbocycles. The summed E-state index contributed by atoms with van der Waals surface area (Å²) in [5.74, 6) is 0.0906. The summed E-state index contributed by atoms with van der Waals surface area (Å²) in [4.78, 5) is 13.5. The molecule has 1 aliphatic rings. The molecule has 5 heteroatoms. The highest BCUT2D eigenvalue weighted by atomic mass is 16.2. The molecule has 1 fully saturated rings. The average Bonchev–Trinajstić information content (AvgIpc) is 2.19. The normalized spacial score (nSPS) is 23.4. The first-order valence-electron chi connectivity index (χ1n) is 5.19. The standard InChI is InChI=1S/C9H20N4O/c1-2-12-9(14)7-13-4-3-11-6-8(13)5-10/h8,11H,2-7,10H2,1H3,(H,12,14). The van der Waals surface area contributed by atoms with Crippen LogP contribution in [0.15, 0.2) is 0 Å². The van der Waals surface area contributed by atoms with Crippen LogP contribution in [-0.2, 0) is 4.79 Å². The van der Waals surface area contributed by atoms with Gasteiger partial charge in [0.2, 0.25) is 5.91 Å². The van der Waals surface area contributed by atoms with Crippen molar-refractivity contribution in [1.82, 2.24) is 15.5 Å². The van der Waals surface area contributed by atoms with E-state index in [1.165, 1.54) is 0 Å². The number of carbonyl (C=O) groups is 1. The van der Waals surface area contributed by atoms with Crippen molar-refractivity contribution in [3.63, 3.8) is 0 Å². The lowest BCUT2D eigenvalue weighted by atomic mass is 10.2. The minimum Gasteiger partial charge on any atom is -0.355 e. The molecule has 82 valence electrons. The predicted molar refractivity (Wildman–Crippen MR) is 56.0 cm³/mol. The molecule has 4 N–H and O–H groups in total. The second-order valence-electron chi connectivity index (χ2n) is 3.52. The fourth-order valence-electron chi connectivity index (χ4n) is 1.68. The van der Waals surface area contributed by atoms with E-state index in [4.69, 9.17) is 5.73 Å². The van der Waals surface area contributed by atoms with Crippen LogP contribution in [0.5, 0.6) is 0 Å². The molecule has 1 heterocycles. The number of nitrogens with two attached hydrogens (primary N) is 1. The number of carbonyl (C=O) groups excluding carboxylic acids is 1. The van der Waals surface area contributed by atoms with Crippen molar-refractivity contribution < 1.29 is 4.79 Å². The van der Waals surface area contributed by atoms with Gasteiger partial charge in [-0.2, -0.15) is 0 Å². The summed E-state index contributed by atoms with van der Waals surface area (Å²) in [7, 11) is 0. The topological polar surface area (TPSA) is 70.4 Å². The third-order valence-electron chi connectivity index (χ3n) is 2.46. The van der Waals surface area contributed by atoms with Gasteiger partial charge in [-0.3, -0.25) is 9.69 Å². The van der Waals surface area contributed by atoms with Crippen LogP contribution in [0.2, 0.25) is 0 Å². The van der Waals surface area contributed by atoms with Crippen LogP contribution >= 0.6 is 0 Å². The number of amides is 1. The lowest BCUT2D eigenvalue weighted by molar-refractivity contribution is -0.122. The first-order valence-corrected chi connectivity index (χ1v) is 5.19. The Bertz CT molecular complexity index is 186. The zero-order valence-electron chi connectivity index (χ0n) is 8.75. The van der Waals surface area contributed by atoms with Gasteiger partial charge in [-0.05, 0) is 6.92 Å². The van der Waals surface area contributed by atoms with Crippen molar-refractivity contribution in [2.45, 2.75) is 13.0 Å². The molecule has 1 atom stereocenters. The maximum atomic E-state index is 11.4. The summed E-state index contributed by atoms with van der Waals surface area (Å²) >= 11 is 0. The van der Waals surface area contributed by atoms with Crippen molar-refractivity contribution in [2.75, 3.05) is 39.3 Å². The van der Waals surface area contributed by atoms with E-state index in [0.717, 1.165) is 19.6 Å². The quantitative estimate of drug-likeness (QED) is 0.509. The van der Waals surface area contributed by atoms with Crippen LogP contribution < -0.4 is 16.4 Å². The number of nitrogens with one attached hydrogen (secondary N) is 2. The van der Waals surface area contributed by atoms with Gasteiger partial charge in [-0.15, -0.1) is 0 Å². The van der Waals surface area contributed by atoms with Crippen LogP contribution in [0.25, 0.3) is 0 Å². The molecular weight excluding hydrogens is 180 g/mol. The molecular formula is C9H20N4O. The maximum Gasteiger partial charge on any atom is 0.234 e. The maximum absolute atomic E-state index is 11.4. The lowest BCUT2D eigenvalue weighted by Gasteiger charge is -2.34. The fourth-order valence-corrected chi connectivity index (χ4v) is 1.68. The van der Waals surface area contributed by atoms with Gasteiger partial charge in [0.1, 0.15) is 0 Å². The molecule has 0 aromatic carbocycles. The molecule has 1 aliphatic heterocycles. The van der Waals surface area contributed by atoms with E-state index in [9.17, 15) is 4.79 Å². The van der Waals surface area contributed by atoms with Crippen molar-refractivity contribution in [2.24, 2.45) is 5.73 Å². The summed E-state index contributed by atoms with van der Waals surface area (Å²) in [5, 5.41) is 6.06. The molecule has 14 heavy (non-hydrogen) atoms. The van der Waals surface area contributed by atoms with Gasteiger partial charge in [0.15, 0.2) is 0 Å². The van der Waals surface area contributed by atoms with Gasteiger partial charge in [0.05, 0.1) is 6.54 Å². The van der Waals surface area contributed by atoms with Crippen LogP contribution in [0, 0.1) is 0 Å². The zero-order chi connectivity index (χ0) is 10.4. The van der Waals surface area contributed by atoms with E-state index in [0.29, 0.717) is 25.7 Å². The molecule has 0 aromatic rings. The lowest BCUT2D eigenvalue weighted by Crippen LogP contribution is -2.56. The van der Waals surface area contributed by atoms with Gasteiger partial charge in [0.25, 0.3) is 0 Å². The van der Waals surface area contributed by atoms with E-state index in [2.05, 4.69) is 15.5 Å². The fraction of sp³-hybridized carbons (Fsp3) is 0.889. The third kappa shape index (κ3) is 3.25. The van der Waals surface area contributed by atoms with E-state index in [1.807, 2.05) is 6.92 Å². The molecule has 1 amide bonds. The number of hydrogen-bond donors (Lipinski definition) is 3. The number of hydrogen-bond acceptors (Lipinski definition) is 4. The van der Waals surface area contributed by atoms with Gasteiger partial charge < -0.3 is 16.4 Å². The smallest absolute Gasteiger partial charge is 0.234 e. The summed E-state index contributed by atoms with van der Waals surface area (Å²) < 4.78 is 0. The summed E-state index contributed by atoms with van der Waals surface area (Å²) in [5.41, 5.74) is 5.63. The minimum absolute atomic E-state index is 0.0906. The molecule has 0 radical (unpaired) electrons. The number of likely N-dealkylation sites (N-methyl/N-ethyl adjacent to an activating group) is 1. The van der Waals surface area contributed by atoms with Crippen molar-refractivity contribution in [3.8, 4) is 0 Å². The van der Waals surface area contributed by atoms with Gasteiger partial charge in [-0.1, -0.05) is 0 Å². The van der Waals surface area contributed by atoms with Gasteiger partial charge >= 0.3 is 0 Å². The van der Waals surface area contributed by atoms with Crippen LogP contribution in [0.4, 0.5) is 0 Å². The molecule has 5 nitrogen and oxygen atoms in total. The van der Waals surface area contributed by atoms with Gasteiger partial charge in [-0.25, -0.2) is 0 Å². The van der Waals surface area contributed by atoms with Crippen LogP contribution in [-0.4, -0.2) is 56.1 Å². The first-order chi connectivity index (χ1) is 6.77. The summed E-state index contributed by atoms with van der Waals surface area (Å²) in [6, 6.07) is 0.298. The van der Waals surface area contributed by atoms with E-state index in [-0.39, 0.29) is 5.91 Å². The molecule has 1 rings (SSSR count). The first kappa shape index (κ1) is 11.4. The molecule has 0 aliphatic carbocycles. The molecule has 0 spiro atoms. The molecule has 0 aromatic heterocycles. The Balaban J connectivity index is 2.36. The van der Waals surface area contributed by atoms with Crippen molar-refractivity contribution in [1.29, 1.82) is 0 Å². The second kappa shape index (κ2) is 5.95. The van der Waals surface area contributed by atoms with Gasteiger partial charge in [0, 0.05) is 38.8 Å². The van der Waals surface area contributed by atoms with Crippen molar-refractivity contribution in [3.05, 3.63) is 0 Å². The zero-order valence-corrected chi connectivity index (χ0v) is 8.75. The monoisotopic (exact) mass is 200 g/mol.